The lowest BCUT2D eigenvalue weighted by Gasteiger charge is -2.13. The molecule has 0 spiro atoms. The number of allylic oxidation sites excluding steroid dienone is 5. The summed E-state index contributed by atoms with van der Waals surface area (Å²) in [6.07, 6.45) is 17.5. The van der Waals surface area contributed by atoms with Crippen LogP contribution in [-0.2, 0) is 9.53 Å². The van der Waals surface area contributed by atoms with E-state index >= 15 is 0 Å². The fraction of sp³-hybridized carbons (Fsp3) is 0.650. The lowest BCUT2D eigenvalue weighted by molar-refractivity contribution is -0.137. The third kappa shape index (κ3) is 8.86. The summed E-state index contributed by atoms with van der Waals surface area (Å²) in [6.45, 7) is 6.48. The van der Waals surface area contributed by atoms with E-state index in [1.807, 2.05) is 13.8 Å². The maximum absolute atomic E-state index is 11.3. The van der Waals surface area contributed by atoms with E-state index < -0.39 is 0 Å². The van der Waals surface area contributed by atoms with E-state index in [2.05, 4.69) is 19.1 Å². The molecule has 0 saturated heterocycles. The summed E-state index contributed by atoms with van der Waals surface area (Å²) in [5, 5.41) is 0. The minimum atomic E-state index is -0.222. The molecule has 0 amide bonds. The molecule has 0 radical (unpaired) electrons. The van der Waals surface area contributed by atoms with Crippen molar-refractivity contribution < 1.29 is 9.53 Å². The second-order valence-electron chi connectivity index (χ2n) is 6.29. The SMILES string of the molecule is CCOC(=O)/C=C(\C)CC/C=C(\C)CCC=C1CCCCC1. The molecule has 1 aliphatic carbocycles. The molecule has 124 valence electrons. The molecule has 0 aromatic rings. The van der Waals surface area contributed by atoms with Gasteiger partial charge in [-0.05, 0) is 72.1 Å². The fourth-order valence-electron chi connectivity index (χ4n) is 2.82. The maximum Gasteiger partial charge on any atom is 0.330 e. The molecule has 0 N–H and O–H groups in total. The highest BCUT2D eigenvalue weighted by molar-refractivity contribution is 5.82. The Morgan fingerprint density at radius 3 is 2.41 bits per heavy atom. The normalized spacial score (nSPS) is 16.6. The van der Waals surface area contributed by atoms with Crippen molar-refractivity contribution in [1.82, 2.24) is 0 Å². The Bertz CT molecular complexity index is 419. The monoisotopic (exact) mass is 304 g/mol. The average Bonchev–Trinajstić information content (AvgIpc) is 2.48. The van der Waals surface area contributed by atoms with Gasteiger partial charge in [0.15, 0.2) is 0 Å². The van der Waals surface area contributed by atoms with Crippen LogP contribution >= 0.6 is 0 Å². The van der Waals surface area contributed by atoms with E-state index in [4.69, 9.17) is 4.74 Å². The van der Waals surface area contributed by atoms with E-state index in [0.717, 1.165) is 24.8 Å². The molecule has 2 heteroatoms. The minimum Gasteiger partial charge on any atom is -0.463 e. The number of hydrogen-bond acceptors (Lipinski definition) is 2. The molecule has 0 aromatic carbocycles. The van der Waals surface area contributed by atoms with Crippen molar-refractivity contribution >= 4 is 5.97 Å². The Morgan fingerprint density at radius 1 is 1.05 bits per heavy atom. The molecule has 1 aliphatic rings. The van der Waals surface area contributed by atoms with Gasteiger partial charge in [-0.25, -0.2) is 4.79 Å². The van der Waals surface area contributed by atoms with Crippen molar-refractivity contribution in [3.8, 4) is 0 Å². The van der Waals surface area contributed by atoms with Gasteiger partial charge in [-0.3, -0.25) is 0 Å². The van der Waals surface area contributed by atoms with Crippen molar-refractivity contribution in [3.05, 3.63) is 34.9 Å². The third-order valence-corrected chi connectivity index (χ3v) is 4.15. The standard InChI is InChI=1S/C20H32O2/c1-4-22-20(21)16-18(3)12-8-10-17(2)11-9-15-19-13-6-5-7-14-19/h10,15-16H,4-9,11-14H2,1-3H3/b17-10+,18-16+. The van der Waals surface area contributed by atoms with Crippen molar-refractivity contribution in [2.24, 2.45) is 0 Å². The van der Waals surface area contributed by atoms with Gasteiger partial charge in [0.05, 0.1) is 6.61 Å². The van der Waals surface area contributed by atoms with Gasteiger partial charge in [0.2, 0.25) is 0 Å². The fourth-order valence-corrected chi connectivity index (χ4v) is 2.82. The van der Waals surface area contributed by atoms with Crippen molar-refractivity contribution in [2.45, 2.75) is 78.6 Å². The third-order valence-electron chi connectivity index (χ3n) is 4.15. The molecular formula is C20H32O2. The van der Waals surface area contributed by atoms with Crippen LogP contribution in [0.25, 0.3) is 0 Å². The summed E-state index contributed by atoms with van der Waals surface area (Å²) in [7, 11) is 0. The molecule has 0 atom stereocenters. The first kappa shape index (κ1) is 18.7. The van der Waals surface area contributed by atoms with Gasteiger partial charge in [-0.2, -0.15) is 0 Å². The Morgan fingerprint density at radius 2 is 1.73 bits per heavy atom. The van der Waals surface area contributed by atoms with Crippen LogP contribution in [0.4, 0.5) is 0 Å². The molecule has 1 fully saturated rings. The van der Waals surface area contributed by atoms with Crippen LogP contribution in [0.5, 0.6) is 0 Å². The van der Waals surface area contributed by atoms with Crippen LogP contribution in [0.1, 0.15) is 78.6 Å². The van der Waals surface area contributed by atoms with Crippen molar-refractivity contribution in [1.29, 1.82) is 0 Å². The van der Waals surface area contributed by atoms with Crippen molar-refractivity contribution in [2.75, 3.05) is 6.61 Å². The molecule has 2 nitrogen and oxygen atoms in total. The molecular weight excluding hydrogens is 272 g/mol. The van der Waals surface area contributed by atoms with Crippen molar-refractivity contribution in [3.63, 3.8) is 0 Å². The second-order valence-corrected chi connectivity index (χ2v) is 6.29. The zero-order chi connectivity index (χ0) is 16.2. The number of hydrogen-bond donors (Lipinski definition) is 0. The van der Waals surface area contributed by atoms with Crippen LogP contribution < -0.4 is 0 Å². The Balaban J connectivity index is 2.23. The minimum absolute atomic E-state index is 0.222. The smallest absolute Gasteiger partial charge is 0.330 e. The zero-order valence-electron chi connectivity index (χ0n) is 14.6. The molecule has 1 rings (SSSR count). The Kier molecular flexibility index (Phi) is 9.61. The van der Waals surface area contributed by atoms with Gasteiger partial charge in [-0.1, -0.05) is 35.3 Å². The number of carbonyl (C=O) groups excluding carboxylic acids is 1. The highest BCUT2D eigenvalue weighted by Gasteiger charge is 2.04. The number of carbonyl (C=O) groups is 1. The average molecular weight is 304 g/mol. The van der Waals surface area contributed by atoms with Gasteiger partial charge >= 0.3 is 5.97 Å². The molecule has 0 heterocycles. The summed E-state index contributed by atoms with van der Waals surface area (Å²) >= 11 is 0. The highest BCUT2D eigenvalue weighted by atomic mass is 16.5. The highest BCUT2D eigenvalue weighted by Crippen LogP contribution is 2.23. The number of rotatable bonds is 8. The first-order valence-electron chi connectivity index (χ1n) is 8.79. The predicted molar refractivity (Wildman–Crippen MR) is 93.8 cm³/mol. The summed E-state index contributed by atoms with van der Waals surface area (Å²) in [5.74, 6) is -0.222. The van der Waals surface area contributed by atoms with Crippen LogP contribution in [0.3, 0.4) is 0 Å². The van der Waals surface area contributed by atoms with E-state index in [0.29, 0.717) is 6.61 Å². The lowest BCUT2D eigenvalue weighted by atomic mass is 9.93. The van der Waals surface area contributed by atoms with Gasteiger partial charge in [0.1, 0.15) is 0 Å². The predicted octanol–water partition coefficient (Wildman–Crippen LogP) is 5.89. The lowest BCUT2D eigenvalue weighted by Crippen LogP contribution is -2.00. The quantitative estimate of drug-likeness (QED) is 0.317. The first-order chi connectivity index (χ1) is 10.6. The van der Waals surface area contributed by atoms with Crippen LogP contribution in [0, 0.1) is 0 Å². The molecule has 0 aromatic heterocycles. The molecule has 0 bridgehead atoms. The molecule has 0 unspecified atom stereocenters. The van der Waals surface area contributed by atoms with Gasteiger partial charge in [0.25, 0.3) is 0 Å². The van der Waals surface area contributed by atoms with E-state index in [1.54, 1.807) is 11.6 Å². The molecule has 0 aliphatic heterocycles. The number of esters is 1. The number of ether oxygens (including phenoxy) is 1. The summed E-state index contributed by atoms with van der Waals surface area (Å²) in [5.41, 5.74) is 4.22. The largest absolute Gasteiger partial charge is 0.463 e. The van der Waals surface area contributed by atoms with Gasteiger partial charge in [0, 0.05) is 6.08 Å². The van der Waals surface area contributed by atoms with E-state index in [-0.39, 0.29) is 5.97 Å². The second kappa shape index (κ2) is 11.3. The topological polar surface area (TPSA) is 26.3 Å². The van der Waals surface area contributed by atoms with Gasteiger partial charge in [-0.15, -0.1) is 0 Å². The molecule has 22 heavy (non-hydrogen) atoms. The maximum atomic E-state index is 11.3. The van der Waals surface area contributed by atoms with Crippen LogP contribution in [-0.4, -0.2) is 12.6 Å². The Hall–Kier alpha value is -1.31. The summed E-state index contributed by atoms with van der Waals surface area (Å²) < 4.78 is 4.91. The molecule has 1 saturated carbocycles. The van der Waals surface area contributed by atoms with Gasteiger partial charge < -0.3 is 4.74 Å². The first-order valence-corrected chi connectivity index (χ1v) is 8.79. The van der Waals surface area contributed by atoms with Crippen LogP contribution in [0.2, 0.25) is 0 Å². The zero-order valence-corrected chi connectivity index (χ0v) is 14.6. The summed E-state index contributed by atoms with van der Waals surface area (Å²) in [6, 6.07) is 0. The van der Waals surface area contributed by atoms with E-state index in [1.165, 1.54) is 44.1 Å². The summed E-state index contributed by atoms with van der Waals surface area (Å²) in [4.78, 5) is 11.3. The van der Waals surface area contributed by atoms with Crippen LogP contribution in [0.15, 0.2) is 34.9 Å². The van der Waals surface area contributed by atoms with E-state index in [9.17, 15) is 4.79 Å². The Labute approximate surface area is 136 Å².